The lowest BCUT2D eigenvalue weighted by molar-refractivity contribution is 0.270. The molecule has 1 unspecified atom stereocenters. The van der Waals surface area contributed by atoms with Gasteiger partial charge in [0.05, 0.1) is 0 Å². The minimum absolute atomic E-state index is 0. The molecule has 5 nitrogen and oxygen atoms in total. The number of hydrogen-bond donors (Lipinski definition) is 1. The third-order valence-electron chi connectivity index (χ3n) is 4.01. The molecule has 1 fully saturated rings. The monoisotopic (exact) mass is 426 g/mol. The molecule has 0 radical (unpaired) electrons. The Morgan fingerprint density at radius 3 is 2.91 bits per heavy atom. The van der Waals surface area contributed by atoms with Crippen LogP contribution in [0.3, 0.4) is 0 Å². The van der Waals surface area contributed by atoms with Crippen molar-refractivity contribution in [2.45, 2.75) is 26.3 Å². The number of guanidine groups is 1. The largest absolute Gasteiger partial charge is 0.370 e. The molecule has 23 heavy (non-hydrogen) atoms. The van der Waals surface area contributed by atoms with E-state index in [4.69, 9.17) is 10.3 Å². The molecule has 1 saturated heterocycles. The van der Waals surface area contributed by atoms with Crippen molar-refractivity contribution in [3.63, 3.8) is 0 Å². The molecule has 1 aromatic heterocycles. The molecule has 1 aliphatic rings. The molecule has 1 aliphatic heterocycles. The van der Waals surface area contributed by atoms with Gasteiger partial charge in [0.25, 0.3) is 0 Å². The zero-order valence-electron chi connectivity index (χ0n) is 13.3. The Kier molecular flexibility index (Phi) is 6.44. The average Bonchev–Trinajstić information content (AvgIpc) is 3.02. The van der Waals surface area contributed by atoms with Crippen LogP contribution in [0.4, 0.5) is 0 Å². The number of rotatable bonds is 3. The van der Waals surface area contributed by atoms with Crippen LogP contribution in [-0.2, 0) is 6.54 Å². The summed E-state index contributed by atoms with van der Waals surface area (Å²) in [6, 6.07) is 11.9. The summed E-state index contributed by atoms with van der Waals surface area (Å²) >= 11 is 0. The van der Waals surface area contributed by atoms with Crippen molar-refractivity contribution in [3.8, 4) is 11.3 Å². The number of aromatic nitrogens is 1. The molecule has 2 aromatic rings. The summed E-state index contributed by atoms with van der Waals surface area (Å²) in [4.78, 5) is 6.60. The summed E-state index contributed by atoms with van der Waals surface area (Å²) in [5.41, 5.74) is 7.96. The lowest BCUT2D eigenvalue weighted by Gasteiger charge is -2.31. The van der Waals surface area contributed by atoms with E-state index in [1.54, 1.807) is 0 Å². The van der Waals surface area contributed by atoms with Crippen LogP contribution in [0, 0.1) is 5.92 Å². The van der Waals surface area contributed by atoms with Crippen LogP contribution in [0.15, 0.2) is 45.9 Å². The van der Waals surface area contributed by atoms with Crippen LogP contribution in [0.5, 0.6) is 0 Å². The lowest BCUT2D eigenvalue weighted by Crippen LogP contribution is -2.43. The molecule has 124 valence electrons. The van der Waals surface area contributed by atoms with E-state index >= 15 is 0 Å². The third-order valence-corrected chi connectivity index (χ3v) is 4.01. The molecule has 1 aromatic carbocycles. The second-order valence-corrected chi connectivity index (χ2v) is 5.91. The predicted molar refractivity (Wildman–Crippen MR) is 103 cm³/mol. The third kappa shape index (κ3) is 4.70. The first-order valence-electron chi connectivity index (χ1n) is 7.78. The maximum absolute atomic E-state index is 6.09. The SMILES string of the molecule is CC1CCCN(C(N)=NCc2cc(-c3ccccc3)no2)C1.I. The van der Waals surface area contributed by atoms with Gasteiger partial charge in [-0.15, -0.1) is 24.0 Å². The Hall–Kier alpha value is -1.57. The lowest BCUT2D eigenvalue weighted by atomic mass is 10.0. The fraction of sp³-hybridized carbons (Fsp3) is 0.412. The van der Waals surface area contributed by atoms with E-state index in [9.17, 15) is 0 Å². The van der Waals surface area contributed by atoms with Gasteiger partial charge in [0.1, 0.15) is 12.2 Å². The van der Waals surface area contributed by atoms with Crippen molar-refractivity contribution in [2.24, 2.45) is 16.6 Å². The van der Waals surface area contributed by atoms with Crippen LogP contribution in [0.1, 0.15) is 25.5 Å². The van der Waals surface area contributed by atoms with Gasteiger partial charge in [-0.25, -0.2) is 4.99 Å². The summed E-state index contributed by atoms with van der Waals surface area (Å²) in [6.45, 7) is 4.66. The van der Waals surface area contributed by atoms with Crippen molar-refractivity contribution in [2.75, 3.05) is 13.1 Å². The van der Waals surface area contributed by atoms with Crippen molar-refractivity contribution in [3.05, 3.63) is 42.2 Å². The smallest absolute Gasteiger partial charge is 0.191 e. The molecule has 2 N–H and O–H groups in total. The Labute approximate surface area is 154 Å². The van der Waals surface area contributed by atoms with Gasteiger partial charge >= 0.3 is 0 Å². The molecule has 0 amide bonds. The summed E-state index contributed by atoms with van der Waals surface area (Å²) in [7, 11) is 0. The summed E-state index contributed by atoms with van der Waals surface area (Å²) in [5.74, 6) is 2.01. The first-order valence-corrected chi connectivity index (χ1v) is 7.78. The summed E-state index contributed by atoms with van der Waals surface area (Å²) < 4.78 is 5.35. The Balaban J connectivity index is 0.00000192. The standard InChI is InChI=1S/C17H22N4O.HI/c1-13-6-5-9-21(12-13)17(18)19-11-15-10-16(20-22-15)14-7-3-2-4-8-14;/h2-4,7-8,10,13H,5-6,9,11-12H2,1H3,(H2,18,19);1H. The maximum Gasteiger partial charge on any atom is 0.191 e. The molecule has 2 heterocycles. The quantitative estimate of drug-likeness (QED) is 0.464. The van der Waals surface area contributed by atoms with Crippen molar-refractivity contribution < 1.29 is 4.52 Å². The second-order valence-electron chi connectivity index (χ2n) is 5.91. The fourth-order valence-electron chi connectivity index (χ4n) is 2.79. The Morgan fingerprint density at radius 1 is 1.39 bits per heavy atom. The number of halogens is 1. The van der Waals surface area contributed by atoms with Crippen molar-refractivity contribution in [1.82, 2.24) is 10.1 Å². The number of aliphatic imine (C=N–C) groups is 1. The molecule has 0 bridgehead atoms. The van der Waals surface area contributed by atoms with E-state index in [-0.39, 0.29) is 24.0 Å². The van der Waals surface area contributed by atoms with E-state index in [0.717, 1.165) is 30.1 Å². The van der Waals surface area contributed by atoms with Crippen molar-refractivity contribution >= 4 is 29.9 Å². The van der Waals surface area contributed by atoms with Crippen LogP contribution >= 0.6 is 24.0 Å². The molecular formula is C17H23IN4O. The van der Waals surface area contributed by atoms with E-state index in [1.165, 1.54) is 12.8 Å². The first-order chi connectivity index (χ1) is 10.7. The zero-order valence-corrected chi connectivity index (χ0v) is 15.6. The van der Waals surface area contributed by atoms with Crippen molar-refractivity contribution in [1.29, 1.82) is 0 Å². The highest BCUT2D eigenvalue weighted by molar-refractivity contribution is 14.0. The first kappa shape index (κ1) is 17.8. The van der Waals surface area contributed by atoms with Crippen LogP contribution in [-0.4, -0.2) is 29.1 Å². The highest BCUT2D eigenvalue weighted by Crippen LogP contribution is 2.19. The predicted octanol–water partition coefficient (Wildman–Crippen LogP) is 3.51. The zero-order chi connectivity index (χ0) is 15.4. The minimum atomic E-state index is 0. The topological polar surface area (TPSA) is 67.7 Å². The molecule has 0 aliphatic carbocycles. The molecular weight excluding hydrogens is 403 g/mol. The minimum Gasteiger partial charge on any atom is -0.370 e. The van der Waals surface area contributed by atoms with E-state index in [1.807, 2.05) is 36.4 Å². The number of hydrogen-bond acceptors (Lipinski definition) is 3. The van der Waals surface area contributed by atoms with Crippen LogP contribution < -0.4 is 5.73 Å². The number of likely N-dealkylation sites (tertiary alicyclic amines) is 1. The van der Waals surface area contributed by atoms with E-state index < -0.39 is 0 Å². The highest BCUT2D eigenvalue weighted by Gasteiger charge is 2.17. The van der Waals surface area contributed by atoms with Gasteiger partial charge in [-0.2, -0.15) is 0 Å². The number of piperidine rings is 1. The Morgan fingerprint density at radius 2 is 2.17 bits per heavy atom. The molecule has 6 heteroatoms. The molecule has 1 atom stereocenters. The number of nitrogens with two attached hydrogens (primary N) is 1. The number of benzene rings is 1. The van der Waals surface area contributed by atoms with Crippen LogP contribution in [0.2, 0.25) is 0 Å². The average molecular weight is 426 g/mol. The maximum atomic E-state index is 6.09. The summed E-state index contributed by atoms with van der Waals surface area (Å²) in [5, 5.41) is 4.09. The highest BCUT2D eigenvalue weighted by atomic mass is 127. The van der Waals surface area contributed by atoms with E-state index in [2.05, 4.69) is 22.0 Å². The van der Waals surface area contributed by atoms with Gasteiger partial charge in [0.2, 0.25) is 0 Å². The van der Waals surface area contributed by atoms with Gasteiger partial charge < -0.3 is 15.2 Å². The summed E-state index contributed by atoms with van der Waals surface area (Å²) in [6.07, 6.45) is 2.45. The van der Waals surface area contributed by atoms with E-state index in [0.29, 0.717) is 18.4 Å². The van der Waals surface area contributed by atoms with Gasteiger partial charge in [0.15, 0.2) is 11.7 Å². The molecule has 3 rings (SSSR count). The van der Waals surface area contributed by atoms with Gasteiger partial charge in [-0.3, -0.25) is 0 Å². The molecule has 0 spiro atoms. The fourth-order valence-corrected chi connectivity index (χ4v) is 2.79. The normalized spacial score (nSPS) is 18.6. The number of nitrogens with zero attached hydrogens (tertiary/aromatic N) is 3. The Bertz CT molecular complexity index is 641. The van der Waals surface area contributed by atoms with Gasteiger partial charge in [-0.1, -0.05) is 42.4 Å². The van der Waals surface area contributed by atoms with Gasteiger partial charge in [0, 0.05) is 24.7 Å². The van der Waals surface area contributed by atoms with Crippen LogP contribution in [0.25, 0.3) is 11.3 Å². The second kappa shape index (κ2) is 8.33. The molecule has 0 saturated carbocycles. The van der Waals surface area contributed by atoms with Gasteiger partial charge in [-0.05, 0) is 18.8 Å².